The molecule has 7 aromatic carbocycles. The molecule has 3 heterocycles. The molecule has 0 N–H and O–H groups in total. The molecule has 1 aliphatic rings. The third-order valence-corrected chi connectivity index (χ3v) is 11.6. The number of aromatic nitrogens is 3. The van der Waals surface area contributed by atoms with Crippen LogP contribution in [0.15, 0.2) is 178 Å². The van der Waals surface area contributed by atoms with Crippen molar-refractivity contribution in [2.75, 3.05) is 0 Å². The average Bonchev–Trinajstić information content (AvgIpc) is 3.70. The number of benzene rings is 7. The smallest absolute Gasteiger partial charge is 0.207 e. The van der Waals surface area contributed by atoms with E-state index in [2.05, 4.69) is 30.3 Å². The van der Waals surface area contributed by atoms with Crippen molar-refractivity contribution < 1.29 is 12.8 Å². The highest BCUT2D eigenvalue weighted by Gasteiger charge is 2.34. The van der Waals surface area contributed by atoms with Gasteiger partial charge in [-0.15, -0.1) is 0 Å². The molecule has 0 saturated heterocycles. The number of sulfone groups is 1. The molecule has 2 aromatic heterocycles. The van der Waals surface area contributed by atoms with Crippen LogP contribution in [0.1, 0.15) is 0 Å². The maximum atomic E-state index is 13.5. The van der Waals surface area contributed by atoms with E-state index in [4.69, 9.17) is 19.4 Å². The van der Waals surface area contributed by atoms with Crippen LogP contribution in [0.3, 0.4) is 0 Å². The van der Waals surface area contributed by atoms with E-state index < -0.39 is 9.84 Å². The summed E-state index contributed by atoms with van der Waals surface area (Å²) in [4.78, 5) is 15.7. The summed E-state index contributed by atoms with van der Waals surface area (Å²) in [5.41, 5.74) is 9.38. The molecule has 9 aromatic rings. The normalized spacial score (nSPS) is 12.9. The number of furan rings is 1. The Morgan fingerprint density at radius 3 is 1.71 bits per heavy atom. The minimum absolute atomic E-state index is 0.326. The number of hydrogen-bond acceptors (Lipinski definition) is 6. The van der Waals surface area contributed by atoms with Crippen LogP contribution in [0.2, 0.25) is 0 Å². The third kappa shape index (κ3) is 4.78. The molecule has 6 nitrogen and oxygen atoms in total. The molecule has 0 amide bonds. The molecule has 0 fully saturated rings. The Morgan fingerprint density at radius 2 is 0.942 bits per heavy atom. The van der Waals surface area contributed by atoms with Gasteiger partial charge in [-0.1, -0.05) is 133 Å². The fourth-order valence-electron chi connectivity index (χ4n) is 7.26. The van der Waals surface area contributed by atoms with Gasteiger partial charge in [0.2, 0.25) is 9.84 Å². The summed E-state index contributed by atoms with van der Waals surface area (Å²) in [6.07, 6.45) is 0. The van der Waals surface area contributed by atoms with Crippen molar-refractivity contribution in [3.05, 3.63) is 164 Å². The lowest BCUT2D eigenvalue weighted by molar-refractivity contribution is 0.598. The summed E-state index contributed by atoms with van der Waals surface area (Å²) in [5.74, 6) is 1.65. The van der Waals surface area contributed by atoms with Crippen LogP contribution < -0.4 is 0 Å². The van der Waals surface area contributed by atoms with E-state index in [0.717, 1.165) is 55.3 Å². The van der Waals surface area contributed by atoms with Gasteiger partial charge in [0.15, 0.2) is 17.5 Å². The van der Waals surface area contributed by atoms with Gasteiger partial charge in [-0.3, -0.25) is 0 Å². The van der Waals surface area contributed by atoms with Crippen LogP contribution in [-0.2, 0) is 9.84 Å². The van der Waals surface area contributed by atoms with E-state index in [-0.39, 0.29) is 0 Å². The fraction of sp³-hybridized carbons (Fsp3) is 0. The molecule has 7 heteroatoms. The molecule has 52 heavy (non-hydrogen) atoms. The molecule has 0 unspecified atom stereocenters. The summed E-state index contributed by atoms with van der Waals surface area (Å²) in [6, 6.07) is 53.1. The first kappa shape index (κ1) is 30.2. The zero-order valence-electron chi connectivity index (χ0n) is 27.6. The Hall–Kier alpha value is -6.70. The van der Waals surface area contributed by atoms with Crippen LogP contribution in [-0.4, -0.2) is 23.4 Å². The predicted octanol–water partition coefficient (Wildman–Crippen LogP) is 10.9. The molecule has 0 aliphatic carbocycles. The van der Waals surface area contributed by atoms with E-state index in [1.807, 2.05) is 115 Å². The van der Waals surface area contributed by atoms with Gasteiger partial charge in [0.05, 0.1) is 9.79 Å². The highest BCUT2D eigenvalue weighted by molar-refractivity contribution is 7.92. The van der Waals surface area contributed by atoms with Gasteiger partial charge in [-0.05, 0) is 52.6 Å². The molecule has 246 valence electrons. The van der Waals surface area contributed by atoms with E-state index in [0.29, 0.717) is 44.0 Å². The number of hydrogen-bond donors (Lipinski definition) is 0. The van der Waals surface area contributed by atoms with E-state index in [1.165, 1.54) is 0 Å². The first-order valence-corrected chi connectivity index (χ1v) is 18.4. The van der Waals surface area contributed by atoms with Crippen molar-refractivity contribution in [3.63, 3.8) is 0 Å². The molecule has 0 saturated carbocycles. The van der Waals surface area contributed by atoms with Gasteiger partial charge in [-0.25, -0.2) is 23.4 Å². The van der Waals surface area contributed by atoms with E-state index in [9.17, 15) is 8.42 Å². The predicted molar refractivity (Wildman–Crippen MR) is 205 cm³/mol. The zero-order valence-corrected chi connectivity index (χ0v) is 28.4. The standard InChI is InChI=1S/C45H27N3O3S/c49-52(50)39-19-8-7-15-34(39)42-33(16-10-20-40(42)52)32-25-26-37-36(27-32)41-35(17-9-18-38(41)51-37)45-47-43(30-13-5-2-6-14-30)46-44(48-45)31-23-21-29(22-24-31)28-11-3-1-4-12-28/h1-27H. The summed E-state index contributed by atoms with van der Waals surface area (Å²) in [6.45, 7) is 0. The highest BCUT2D eigenvalue weighted by Crippen LogP contribution is 2.48. The van der Waals surface area contributed by atoms with Crippen LogP contribution in [0.25, 0.3) is 89.5 Å². The van der Waals surface area contributed by atoms with Gasteiger partial charge < -0.3 is 4.42 Å². The summed E-state index contributed by atoms with van der Waals surface area (Å²) < 4.78 is 33.4. The van der Waals surface area contributed by atoms with Gasteiger partial charge in [0, 0.05) is 38.6 Å². The lowest BCUT2D eigenvalue weighted by atomic mass is 9.93. The van der Waals surface area contributed by atoms with Crippen molar-refractivity contribution in [1.29, 1.82) is 0 Å². The van der Waals surface area contributed by atoms with E-state index in [1.54, 1.807) is 18.2 Å². The monoisotopic (exact) mass is 689 g/mol. The second kappa shape index (κ2) is 11.7. The number of rotatable bonds is 5. The topological polar surface area (TPSA) is 86.0 Å². The second-order valence-corrected chi connectivity index (χ2v) is 14.7. The maximum Gasteiger partial charge on any atom is 0.207 e. The quantitative estimate of drug-likeness (QED) is 0.179. The zero-order chi connectivity index (χ0) is 34.8. The van der Waals surface area contributed by atoms with Crippen molar-refractivity contribution in [2.24, 2.45) is 0 Å². The lowest BCUT2D eigenvalue weighted by Gasteiger charge is -2.10. The molecule has 0 spiro atoms. The van der Waals surface area contributed by atoms with Crippen molar-refractivity contribution in [1.82, 2.24) is 15.0 Å². The molecular weight excluding hydrogens is 663 g/mol. The van der Waals surface area contributed by atoms with Crippen molar-refractivity contribution >= 4 is 31.8 Å². The average molecular weight is 690 g/mol. The van der Waals surface area contributed by atoms with Crippen LogP contribution in [0.5, 0.6) is 0 Å². The largest absolute Gasteiger partial charge is 0.456 e. The van der Waals surface area contributed by atoms with Crippen LogP contribution in [0, 0.1) is 0 Å². The van der Waals surface area contributed by atoms with Gasteiger partial charge in [0.25, 0.3) is 0 Å². The Bertz CT molecular complexity index is 2960. The van der Waals surface area contributed by atoms with E-state index >= 15 is 0 Å². The van der Waals surface area contributed by atoms with Crippen LogP contribution in [0.4, 0.5) is 0 Å². The minimum atomic E-state index is -3.62. The SMILES string of the molecule is O=S1(=O)c2ccccc2-c2c(-c3ccc4oc5cccc(-c6nc(-c7ccccc7)nc(-c7ccc(-c8ccccc8)cc7)n6)c5c4c3)cccc21. The maximum absolute atomic E-state index is 13.5. The van der Waals surface area contributed by atoms with Crippen molar-refractivity contribution in [3.8, 4) is 67.5 Å². The minimum Gasteiger partial charge on any atom is -0.456 e. The molecule has 0 bridgehead atoms. The van der Waals surface area contributed by atoms with Crippen LogP contribution >= 0.6 is 0 Å². The van der Waals surface area contributed by atoms with Gasteiger partial charge in [-0.2, -0.15) is 0 Å². The molecule has 0 radical (unpaired) electrons. The summed E-state index contributed by atoms with van der Waals surface area (Å²) in [5, 5.41) is 1.75. The first-order valence-electron chi connectivity index (χ1n) is 16.9. The Labute approximate surface area is 299 Å². The number of fused-ring (bicyclic) bond motifs is 6. The molecule has 0 atom stereocenters. The summed E-state index contributed by atoms with van der Waals surface area (Å²) in [7, 11) is -3.62. The highest BCUT2D eigenvalue weighted by atomic mass is 32.2. The Kier molecular flexibility index (Phi) is 6.78. The Morgan fingerprint density at radius 1 is 0.404 bits per heavy atom. The van der Waals surface area contributed by atoms with Gasteiger partial charge >= 0.3 is 0 Å². The number of nitrogens with zero attached hydrogens (tertiary/aromatic N) is 3. The Balaban J connectivity index is 1.16. The van der Waals surface area contributed by atoms with Gasteiger partial charge in [0.1, 0.15) is 11.2 Å². The van der Waals surface area contributed by atoms with Crippen molar-refractivity contribution in [2.45, 2.75) is 9.79 Å². The fourth-order valence-corrected chi connectivity index (χ4v) is 8.96. The summed E-state index contributed by atoms with van der Waals surface area (Å²) >= 11 is 0. The lowest BCUT2D eigenvalue weighted by Crippen LogP contribution is -2.00. The third-order valence-electron chi connectivity index (χ3n) is 9.73. The second-order valence-electron chi connectivity index (χ2n) is 12.8. The first-order chi connectivity index (χ1) is 25.5. The molecule has 1 aliphatic heterocycles. The molecular formula is C45H27N3O3S. The molecule has 10 rings (SSSR count).